The van der Waals surface area contributed by atoms with E-state index in [1.165, 1.54) is 6.08 Å². The fraction of sp³-hybridized carbons (Fsp3) is 0.429. The lowest BCUT2D eigenvalue weighted by molar-refractivity contribution is -0.470. The lowest BCUT2D eigenvalue weighted by atomic mass is 10.0. The number of rotatable bonds is 2. The molecule has 0 aromatic carbocycles. The minimum atomic E-state index is -0.708. The van der Waals surface area contributed by atoms with Crippen molar-refractivity contribution in [2.45, 2.75) is 19.8 Å². The maximum Gasteiger partial charge on any atom is 0.341 e. The van der Waals surface area contributed by atoms with Gasteiger partial charge in [0, 0.05) is 12.5 Å². The Morgan fingerprint density at radius 1 is 1.23 bits per heavy atom. The summed E-state index contributed by atoms with van der Waals surface area (Å²) in [5, 5.41) is 20.8. The van der Waals surface area contributed by atoms with Crippen molar-refractivity contribution < 1.29 is 9.85 Å². The first-order chi connectivity index (χ1) is 6.02. The Kier molecular flexibility index (Phi) is 2.41. The molecule has 1 aliphatic rings. The van der Waals surface area contributed by atoms with Crippen molar-refractivity contribution in [3.05, 3.63) is 43.3 Å². The smallest absolute Gasteiger partial charge is 0.258 e. The Bertz CT molecular complexity index is 329. The molecule has 0 bridgehead atoms. The van der Waals surface area contributed by atoms with Gasteiger partial charge in [0.05, 0.1) is 9.85 Å². The van der Waals surface area contributed by atoms with Gasteiger partial charge in [-0.1, -0.05) is 5.57 Å². The van der Waals surface area contributed by atoms with E-state index in [0.29, 0.717) is 6.42 Å². The summed E-state index contributed by atoms with van der Waals surface area (Å²) >= 11 is 0. The van der Waals surface area contributed by atoms with Crippen molar-refractivity contribution >= 4 is 0 Å². The van der Waals surface area contributed by atoms with Crippen LogP contribution < -0.4 is 0 Å². The summed E-state index contributed by atoms with van der Waals surface area (Å²) in [6, 6.07) is 0. The average Bonchev–Trinajstić information content (AvgIpc) is 2.03. The highest BCUT2D eigenvalue weighted by Gasteiger charge is 2.29. The van der Waals surface area contributed by atoms with Gasteiger partial charge in [-0.2, -0.15) is 0 Å². The van der Waals surface area contributed by atoms with Gasteiger partial charge in [-0.05, 0) is 13.3 Å². The van der Waals surface area contributed by atoms with E-state index in [4.69, 9.17) is 0 Å². The second kappa shape index (κ2) is 3.34. The van der Waals surface area contributed by atoms with E-state index in [9.17, 15) is 20.2 Å². The molecular formula is C7H8N2O4. The van der Waals surface area contributed by atoms with Gasteiger partial charge in [-0.25, -0.2) is 0 Å². The third kappa shape index (κ3) is 1.90. The third-order valence-corrected chi connectivity index (χ3v) is 1.85. The van der Waals surface area contributed by atoms with Crippen LogP contribution in [0, 0.1) is 20.2 Å². The Morgan fingerprint density at radius 2 is 1.85 bits per heavy atom. The molecule has 0 saturated heterocycles. The lowest BCUT2D eigenvalue weighted by Gasteiger charge is -2.05. The number of nitro groups is 2. The van der Waals surface area contributed by atoms with Crippen LogP contribution in [0.4, 0.5) is 0 Å². The van der Waals surface area contributed by atoms with E-state index in [-0.39, 0.29) is 17.8 Å². The van der Waals surface area contributed by atoms with Crippen LogP contribution in [-0.2, 0) is 0 Å². The van der Waals surface area contributed by atoms with Gasteiger partial charge in [0.25, 0.3) is 0 Å². The van der Waals surface area contributed by atoms with Crippen molar-refractivity contribution in [3.8, 4) is 0 Å². The number of hydrogen-bond donors (Lipinski definition) is 0. The molecule has 0 aliphatic heterocycles. The molecule has 0 atom stereocenters. The summed E-state index contributed by atoms with van der Waals surface area (Å²) in [7, 11) is 0. The molecule has 0 fully saturated rings. The molecule has 13 heavy (non-hydrogen) atoms. The first kappa shape index (κ1) is 9.37. The van der Waals surface area contributed by atoms with Crippen LogP contribution in [-0.4, -0.2) is 9.85 Å². The summed E-state index contributed by atoms with van der Waals surface area (Å²) in [4.78, 5) is 19.4. The Hall–Kier alpha value is -1.72. The maximum atomic E-state index is 10.4. The zero-order chi connectivity index (χ0) is 10.0. The van der Waals surface area contributed by atoms with Crippen LogP contribution in [0.25, 0.3) is 0 Å². The first-order valence-electron chi connectivity index (χ1n) is 3.71. The lowest BCUT2D eigenvalue weighted by Crippen LogP contribution is -2.12. The average molecular weight is 184 g/mol. The predicted molar refractivity (Wildman–Crippen MR) is 44.0 cm³/mol. The number of hydrogen-bond acceptors (Lipinski definition) is 4. The van der Waals surface area contributed by atoms with Crippen molar-refractivity contribution in [2.75, 3.05) is 0 Å². The molecule has 0 amide bonds. The van der Waals surface area contributed by atoms with Gasteiger partial charge in [-0.15, -0.1) is 0 Å². The highest BCUT2D eigenvalue weighted by Crippen LogP contribution is 2.24. The van der Waals surface area contributed by atoms with Crippen molar-refractivity contribution in [3.63, 3.8) is 0 Å². The largest absolute Gasteiger partial charge is 0.341 e. The van der Waals surface area contributed by atoms with Gasteiger partial charge in [0.1, 0.15) is 0 Å². The van der Waals surface area contributed by atoms with Gasteiger partial charge in [0.15, 0.2) is 0 Å². The molecule has 70 valence electrons. The maximum absolute atomic E-state index is 10.4. The normalized spacial score (nSPS) is 16.8. The van der Waals surface area contributed by atoms with Gasteiger partial charge in [0.2, 0.25) is 0 Å². The highest BCUT2D eigenvalue weighted by atomic mass is 16.6. The fourth-order valence-corrected chi connectivity index (χ4v) is 1.18. The molecule has 0 unspecified atom stereocenters. The minimum absolute atomic E-state index is 0.144. The SMILES string of the molecule is CC1=CC([N+](=O)[O-])=C([N+](=O)[O-])CC1. The van der Waals surface area contributed by atoms with Crippen LogP contribution >= 0.6 is 0 Å². The topological polar surface area (TPSA) is 86.3 Å². The number of allylic oxidation sites excluding steroid dienone is 3. The van der Waals surface area contributed by atoms with Crippen LogP contribution in [0.15, 0.2) is 23.0 Å². The summed E-state index contributed by atoms with van der Waals surface area (Å²) < 4.78 is 0. The van der Waals surface area contributed by atoms with Gasteiger partial charge < -0.3 is 0 Å². The van der Waals surface area contributed by atoms with E-state index in [0.717, 1.165) is 5.57 Å². The van der Waals surface area contributed by atoms with E-state index < -0.39 is 9.85 Å². The molecule has 1 aliphatic carbocycles. The van der Waals surface area contributed by atoms with Gasteiger partial charge >= 0.3 is 11.4 Å². The zero-order valence-corrected chi connectivity index (χ0v) is 7.02. The molecular weight excluding hydrogens is 176 g/mol. The molecule has 0 radical (unpaired) electrons. The molecule has 6 heteroatoms. The molecule has 0 N–H and O–H groups in total. The van der Waals surface area contributed by atoms with Crippen LogP contribution in [0.2, 0.25) is 0 Å². The molecule has 0 saturated carbocycles. The molecule has 0 aromatic rings. The molecule has 0 heterocycles. The summed E-state index contributed by atoms with van der Waals surface area (Å²) in [6.07, 6.45) is 1.93. The first-order valence-corrected chi connectivity index (χ1v) is 3.71. The van der Waals surface area contributed by atoms with E-state index in [1.807, 2.05) is 0 Å². The zero-order valence-electron chi connectivity index (χ0n) is 7.02. The molecule has 0 aromatic heterocycles. The second-order valence-corrected chi connectivity index (χ2v) is 2.84. The van der Waals surface area contributed by atoms with Crippen LogP contribution in [0.3, 0.4) is 0 Å². The van der Waals surface area contributed by atoms with E-state index in [1.54, 1.807) is 6.92 Å². The number of nitrogens with zero attached hydrogens (tertiary/aromatic N) is 2. The molecule has 6 nitrogen and oxygen atoms in total. The van der Waals surface area contributed by atoms with Crippen LogP contribution in [0.1, 0.15) is 19.8 Å². The van der Waals surface area contributed by atoms with Crippen molar-refractivity contribution in [1.29, 1.82) is 0 Å². The summed E-state index contributed by atoms with van der Waals surface area (Å²) in [5.41, 5.74) is 0.127. The Labute approximate surface area is 73.8 Å². The van der Waals surface area contributed by atoms with Crippen LogP contribution in [0.5, 0.6) is 0 Å². The minimum Gasteiger partial charge on any atom is -0.258 e. The molecule has 0 spiro atoms. The third-order valence-electron chi connectivity index (χ3n) is 1.85. The highest BCUT2D eigenvalue weighted by molar-refractivity contribution is 5.24. The summed E-state index contributed by atoms with van der Waals surface area (Å²) in [5.74, 6) is 0. The quantitative estimate of drug-likeness (QED) is 0.480. The molecule has 1 rings (SSSR count). The van der Waals surface area contributed by atoms with Crippen molar-refractivity contribution in [2.24, 2.45) is 0 Å². The standard InChI is InChI=1S/C7H8N2O4/c1-5-2-3-6(8(10)11)7(4-5)9(12)13/h4H,2-3H2,1H3. The van der Waals surface area contributed by atoms with Gasteiger partial charge in [-0.3, -0.25) is 20.2 Å². The predicted octanol–water partition coefficient (Wildman–Crippen LogP) is 1.49. The fourth-order valence-electron chi connectivity index (χ4n) is 1.18. The monoisotopic (exact) mass is 184 g/mol. The summed E-state index contributed by atoms with van der Waals surface area (Å²) in [6.45, 7) is 1.72. The van der Waals surface area contributed by atoms with E-state index in [2.05, 4.69) is 0 Å². The second-order valence-electron chi connectivity index (χ2n) is 2.84. The Balaban J connectivity index is 3.16. The Morgan fingerprint density at radius 3 is 2.31 bits per heavy atom. The van der Waals surface area contributed by atoms with Crippen molar-refractivity contribution in [1.82, 2.24) is 0 Å². The van der Waals surface area contributed by atoms with E-state index >= 15 is 0 Å².